The number of hydrogen-bond donors (Lipinski definition) is 1. The van der Waals surface area contributed by atoms with Gasteiger partial charge in [-0.1, -0.05) is 18.2 Å². The third kappa shape index (κ3) is 4.01. The summed E-state index contributed by atoms with van der Waals surface area (Å²) in [6, 6.07) is 11.8. The number of fused-ring (bicyclic) bond motifs is 1. The predicted octanol–water partition coefficient (Wildman–Crippen LogP) is 3.45. The molecule has 8 heteroatoms. The highest BCUT2D eigenvalue weighted by Gasteiger charge is 2.28. The van der Waals surface area contributed by atoms with Crippen molar-refractivity contribution in [2.24, 2.45) is 0 Å². The van der Waals surface area contributed by atoms with Gasteiger partial charge in [0, 0.05) is 19.1 Å². The van der Waals surface area contributed by atoms with Gasteiger partial charge in [-0.15, -0.1) is 0 Å². The van der Waals surface area contributed by atoms with E-state index in [0.717, 1.165) is 37.0 Å². The van der Waals surface area contributed by atoms with E-state index < -0.39 is 16.4 Å². The molecule has 0 amide bonds. The summed E-state index contributed by atoms with van der Waals surface area (Å²) in [6.07, 6.45) is 1.75. The molecular weight excluding hydrogens is 365 g/mol. The third-order valence-corrected chi connectivity index (χ3v) is 5.06. The lowest BCUT2D eigenvalue weighted by Gasteiger charge is -2.36. The molecule has 2 aromatic carbocycles. The molecule has 0 bridgehead atoms. The number of piperidine rings is 1. The quantitative estimate of drug-likeness (QED) is 0.626. The monoisotopic (exact) mass is 387 g/mol. The van der Waals surface area contributed by atoms with E-state index >= 15 is 0 Å². The summed E-state index contributed by atoms with van der Waals surface area (Å²) >= 11 is 0. The topological polar surface area (TPSA) is 76.9 Å². The molecule has 7 nitrogen and oxygen atoms in total. The lowest BCUT2D eigenvalue weighted by molar-refractivity contribution is -0.386. The summed E-state index contributed by atoms with van der Waals surface area (Å²) in [5.74, 6) is 0.685. The van der Waals surface area contributed by atoms with Crippen LogP contribution in [0.1, 0.15) is 12.8 Å². The molecule has 0 spiro atoms. The van der Waals surface area contributed by atoms with Crippen molar-refractivity contribution in [2.45, 2.75) is 25.0 Å². The largest absolute Gasteiger partial charge is 0.486 e. The first-order valence-electron chi connectivity index (χ1n) is 9.40. The van der Waals surface area contributed by atoms with Gasteiger partial charge in [-0.3, -0.25) is 15.0 Å². The van der Waals surface area contributed by atoms with Crippen molar-refractivity contribution in [2.75, 3.05) is 31.6 Å². The highest BCUT2D eigenvalue weighted by atomic mass is 19.1. The number of benzene rings is 2. The van der Waals surface area contributed by atoms with Gasteiger partial charge in [0.15, 0.2) is 11.5 Å². The van der Waals surface area contributed by atoms with Crippen LogP contribution in [-0.4, -0.2) is 48.2 Å². The second kappa shape index (κ2) is 8.02. The Morgan fingerprint density at radius 3 is 2.86 bits per heavy atom. The average Bonchev–Trinajstić information content (AvgIpc) is 2.68. The average molecular weight is 387 g/mol. The molecule has 2 unspecified atom stereocenters. The van der Waals surface area contributed by atoms with E-state index in [1.54, 1.807) is 6.07 Å². The molecule has 28 heavy (non-hydrogen) atoms. The zero-order valence-electron chi connectivity index (χ0n) is 15.3. The minimum Gasteiger partial charge on any atom is -0.486 e. The van der Waals surface area contributed by atoms with Gasteiger partial charge in [0.25, 0.3) is 0 Å². The molecule has 148 valence electrons. The highest BCUT2D eigenvalue weighted by molar-refractivity contribution is 5.62. The van der Waals surface area contributed by atoms with E-state index in [4.69, 9.17) is 9.47 Å². The van der Waals surface area contributed by atoms with E-state index in [0.29, 0.717) is 19.7 Å². The summed E-state index contributed by atoms with van der Waals surface area (Å²) in [5.41, 5.74) is -0.275. The van der Waals surface area contributed by atoms with E-state index in [9.17, 15) is 14.5 Å². The molecule has 0 aliphatic carbocycles. The van der Waals surface area contributed by atoms with Crippen LogP contribution in [0.5, 0.6) is 11.5 Å². The summed E-state index contributed by atoms with van der Waals surface area (Å²) in [5, 5.41) is 14.4. The molecule has 2 aliphatic heterocycles. The highest BCUT2D eigenvalue weighted by Crippen LogP contribution is 2.32. The van der Waals surface area contributed by atoms with Crippen molar-refractivity contribution in [1.29, 1.82) is 0 Å². The van der Waals surface area contributed by atoms with Crippen molar-refractivity contribution in [1.82, 2.24) is 4.90 Å². The summed E-state index contributed by atoms with van der Waals surface area (Å²) < 4.78 is 25.6. The number of hydrogen-bond acceptors (Lipinski definition) is 6. The van der Waals surface area contributed by atoms with Crippen LogP contribution in [0.3, 0.4) is 0 Å². The number of nitrogens with zero attached hydrogens (tertiary/aromatic N) is 2. The first kappa shape index (κ1) is 18.5. The van der Waals surface area contributed by atoms with Gasteiger partial charge >= 0.3 is 5.69 Å². The van der Waals surface area contributed by atoms with Crippen LogP contribution in [0, 0.1) is 15.9 Å². The fraction of sp³-hybridized carbons (Fsp3) is 0.400. The van der Waals surface area contributed by atoms with E-state index in [1.165, 1.54) is 6.07 Å². The zero-order valence-corrected chi connectivity index (χ0v) is 15.3. The maximum absolute atomic E-state index is 13.8. The van der Waals surface area contributed by atoms with Gasteiger partial charge in [-0.2, -0.15) is 4.39 Å². The molecule has 0 saturated carbocycles. The summed E-state index contributed by atoms with van der Waals surface area (Å²) in [7, 11) is 0. The molecule has 2 aromatic rings. The van der Waals surface area contributed by atoms with E-state index in [1.807, 2.05) is 24.3 Å². The number of likely N-dealkylation sites (tertiary alicyclic amines) is 1. The lowest BCUT2D eigenvalue weighted by atomic mass is 10.0. The maximum Gasteiger partial charge on any atom is 0.327 e. The predicted molar refractivity (Wildman–Crippen MR) is 102 cm³/mol. The maximum atomic E-state index is 13.8. The zero-order chi connectivity index (χ0) is 19.5. The smallest absolute Gasteiger partial charge is 0.327 e. The first-order valence-corrected chi connectivity index (χ1v) is 9.40. The Bertz CT molecular complexity index is 863. The fourth-order valence-electron chi connectivity index (χ4n) is 3.82. The van der Waals surface area contributed by atoms with Crippen LogP contribution < -0.4 is 14.8 Å². The van der Waals surface area contributed by atoms with E-state index in [-0.39, 0.29) is 17.8 Å². The van der Waals surface area contributed by atoms with Gasteiger partial charge in [-0.05, 0) is 43.7 Å². The number of ether oxygens (including phenoxy) is 2. The van der Waals surface area contributed by atoms with Crippen LogP contribution in [-0.2, 0) is 0 Å². The van der Waals surface area contributed by atoms with Crippen molar-refractivity contribution in [3.63, 3.8) is 0 Å². The summed E-state index contributed by atoms with van der Waals surface area (Å²) in [4.78, 5) is 12.8. The van der Waals surface area contributed by atoms with Crippen LogP contribution in [0.2, 0.25) is 0 Å². The molecular formula is C20H22FN3O4. The molecule has 1 N–H and O–H groups in total. The van der Waals surface area contributed by atoms with Crippen LogP contribution in [0.25, 0.3) is 0 Å². The van der Waals surface area contributed by atoms with Crippen LogP contribution in [0.15, 0.2) is 42.5 Å². The Kier molecular flexibility index (Phi) is 5.29. The third-order valence-electron chi connectivity index (χ3n) is 5.06. The second-order valence-corrected chi connectivity index (χ2v) is 7.13. The molecule has 0 aromatic heterocycles. The van der Waals surface area contributed by atoms with Gasteiger partial charge in [0.2, 0.25) is 5.82 Å². The number of halogens is 1. The van der Waals surface area contributed by atoms with Gasteiger partial charge < -0.3 is 14.8 Å². The van der Waals surface area contributed by atoms with Gasteiger partial charge in [0.1, 0.15) is 18.4 Å². The number of rotatable bonds is 5. The number of nitrogens with one attached hydrogen (secondary N) is 1. The second-order valence-electron chi connectivity index (χ2n) is 7.13. The van der Waals surface area contributed by atoms with Gasteiger partial charge in [0.05, 0.1) is 4.92 Å². The normalized spacial score (nSPS) is 21.9. The minimum atomic E-state index is -0.825. The standard InChI is InChI=1S/C20H22FN3O4/c21-16-6-3-7-17(20(16)24(25)26)22-14-5-4-10-23(11-14)12-15-13-27-18-8-1-2-9-19(18)28-15/h1-3,6-9,14-15,22H,4-5,10-13H2. The van der Waals surface area contributed by atoms with Crippen molar-refractivity contribution in [3.8, 4) is 11.5 Å². The number of anilines is 1. The summed E-state index contributed by atoms with van der Waals surface area (Å²) in [6.45, 7) is 2.82. The SMILES string of the molecule is O=[N+]([O-])c1c(F)cccc1NC1CCCN(CC2COc3ccccc3O2)C1. The Balaban J connectivity index is 1.38. The molecule has 4 rings (SSSR count). The Hall–Kier alpha value is -2.87. The molecule has 2 atom stereocenters. The van der Waals surface area contributed by atoms with Crippen LogP contribution >= 0.6 is 0 Å². The Morgan fingerprint density at radius 2 is 2.04 bits per heavy atom. The number of nitro benzene ring substituents is 1. The van der Waals surface area contributed by atoms with Gasteiger partial charge in [-0.25, -0.2) is 0 Å². The fourth-order valence-corrected chi connectivity index (χ4v) is 3.82. The van der Waals surface area contributed by atoms with Crippen molar-refractivity contribution < 1.29 is 18.8 Å². The number of para-hydroxylation sites is 3. The molecule has 1 fully saturated rings. The first-order chi connectivity index (χ1) is 13.6. The van der Waals surface area contributed by atoms with E-state index in [2.05, 4.69) is 10.2 Å². The molecule has 2 aliphatic rings. The minimum absolute atomic E-state index is 0.00560. The molecule has 0 radical (unpaired) electrons. The van der Waals surface area contributed by atoms with Crippen molar-refractivity contribution in [3.05, 3.63) is 58.4 Å². The van der Waals surface area contributed by atoms with Crippen LogP contribution in [0.4, 0.5) is 15.8 Å². The molecule has 1 saturated heterocycles. The van der Waals surface area contributed by atoms with Crippen molar-refractivity contribution >= 4 is 11.4 Å². The Morgan fingerprint density at radius 1 is 1.21 bits per heavy atom. The lowest BCUT2D eigenvalue weighted by Crippen LogP contribution is -2.48. The number of nitro groups is 1. The Labute approximate surface area is 162 Å². The molecule has 2 heterocycles.